The van der Waals surface area contributed by atoms with Gasteiger partial charge in [-0.3, -0.25) is 0 Å². The molecule has 0 aromatic carbocycles. The summed E-state index contributed by atoms with van der Waals surface area (Å²) in [4.78, 5) is 0. The second-order valence-corrected chi connectivity index (χ2v) is 6.30. The smallest absolute Gasteiger partial charge is 0.214 e. The third-order valence-electron chi connectivity index (χ3n) is 2.90. The fraction of sp³-hybridized carbons (Fsp3) is 1.00. The molecule has 1 aliphatic carbocycles. The Labute approximate surface area is 79.1 Å². The maximum atomic E-state index is 11.6. The highest BCUT2D eigenvalue weighted by Crippen LogP contribution is 2.31. The Balaban J connectivity index is 2.08. The van der Waals surface area contributed by atoms with Crippen molar-refractivity contribution in [3.05, 3.63) is 0 Å². The van der Waals surface area contributed by atoms with E-state index in [0.29, 0.717) is 12.3 Å². The Kier molecular flexibility index (Phi) is 2.13. The molecule has 2 N–H and O–H groups in total. The summed E-state index contributed by atoms with van der Waals surface area (Å²) < 4.78 is 24.9. The Morgan fingerprint density at radius 3 is 2.38 bits per heavy atom. The van der Waals surface area contributed by atoms with Crippen LogP contribution in [0.25, 0.3) is 0 Å². The monoisotopic (exact) mass is 204 g/mol. The minimum absolute atomic E-state index is 0.199. The van der Waals surface area contributed by atoms with Gasteiger partial charge in [-0.15, -0.1) is 0 Å². The van der Waals surface area contributed by atoms with E-state index in [2.05, 4.69) is 0 Å². The van der Waals surface area contributed by atoms with Gasteiger partial charge in [-0.25, -0.2) is 8.42 Å². The number of nitrogens with two attached hydrogens (primary N) is 1. The average Bonchev–Trinajstić information content (AvgIpc) is 2.17. The highest BCUT2D eigenvalue weighted by atomic mass is 32.2. The van der Waals surface area contributed by atoms with Crippen molar-refractivity contribution in [1.29, 1.82) is 0 Å². The molecule has 5 heteroatoms. The van der Waals surface area contributed by atoms with Gasteiger partial charge in [-0.05, 0) is 18.8 Å². The van der Waals surface area contributed by atoms with E-state index in [9.17, 15) is 8.42 Å². The molecule has 4 nitrogen and oxygen atoms in total. The summed E-state index contributed by atoms with van der Waals surface area (Å²) in [6.45, 7) is 2.68. The zero-order valence-corrected chi connectivity index (χ0v) is 8.63. The van der Waals surface area contributed by atoms with Crippen molar-refractivity contribution in [2.75, 3.05) is 12.3 Å². The standard InChI is InChI=1S/C8H16N2O2S/c1-6-4-10(13(11,12)5-6)8-2-7(9)3-8/h6-8H,2-5,9H2,1H3. The van der Waals surface area contributed by atoms with E-state index in [-0.39, 0.29) is 18.0 Å². The molecule has 2 aliphatic rings. The summed E-state index contributed by atoms with van der Waals surface area (Å²) >= 11 is 0. The van der Waals surface area contributed by atoms with Crippen molar-refractivity contribution in [3.63, 3.8) is 0 Å². The van der Waals surface area contributed by atoms with Gasteiger partial charge in [0, 0.05) is 18.6 Å². The van der Waals surface area contributed by atoms with Crippen LogP contribution >= 0.6 is 0 Å². The minimum atomic E-state index is -2.94. The van der Waals surface area contributed by atoms with Crippen LogP contribution in [-0.2, 0) is 10.0 Å². The van der Waals surface area contributed by atoms with Crippen LogP contribution in [0.4, 0.5) is 0 Å². The molecule has 1 heterocycles. The lowest BCUT2D eigenvalue weighted by Crippen LogP contribution is -2.51. The van der Waals surface area contributed by atoms with E-state index in [0.717, 1.165) is 12.8 Å². The molecular formula is C8H16N2O2S. The quantitative estimate of drug-likeness (QED) is 0.641. The lowest BCUT2D eigenvalue weighted by molar-refractivity contribution is 0.194. The van der Waals surface area contributed by atoms with Gasteiger partial charge in [0.2, 0.25) is 10.0 Å². The fourth-order valence-corrected chi connectivity index (χ4v) is 4.29. The zero-order chi connectivity index (χ0) is 9.64. The largest absolute Gasteiger partial charge is 0.328 e. The first-order valence-corrected chi connectivity index (χ1v) is 6.35. The SMILES string of the molecule is CC1CN(C2CC(N)C2)S(=O)(=O)C1. The third kappa shape index (κ3) is 1.60. The maximum Gasteiger partial charge on any atom is 0.214 e. The summed E-state index contributed by atoms with van der Waals surface area (Å²) in [7, 11) is -2.94. The first kappa shape index (κ1) is 9.43. The van der Waals surface area contributed by atoms with Crippen LogP contribution in [-0.4, -0.2) is 37.1 Å². The van der Waals surface area contributed by atoms with Gasteiger partial charge in [0.25, 0.3) is 0 Å². The molecule has 2 rings (SSSR count). The predicted molar refractivity (Wildman–Crippen MR) is 50.7 cm³/mol. The summed E-state index contributed by atoms with van der Waals surface area (Å²) in [6, 6.07) is 0.418. The van der Waals surface area contributed by atoms with Crippen LogP contribution in [0.2, 0.25) is 0 Å². The number of rotatable bonds is 1. The molecule has 1 saturated carbocycles. The van der Waals surface area contributed by atoms with Crippen molar-refractivity contribution < 1.29 is 8.42 Å². The second-order valence-electron chi connectivity index (χ2n) is 4.34. The molecule has 1 atom stereocenters. The Bertz CT molecular complexity index is 295. The number of hydrogen-bond acceptors (Lipinski definition) is 3. The molecule has 0 amide bonds. The summed E-state index contributed by atoms with van der Waals surface area (Å²) in [6.07, 6.45) is 1.68. The highest BCUT2D eigenvalue weighted by molar-refractivity contribution is 7.89. The van der Waals surface area contributed by atoms with Crippen LogP contribution < -0.4 is 5.73 Å². The number of sulfonamides is 1. The number of nitrogens with zero attached hydrogens (tertiary/aromatic N) is 1. The van der Waals surface area contributed by atoms with Gasteiger partial charge < -0.3 is 5.73 Å². The van der Waals surface area contributed by atoms with Gasteiger partial charge in [0.1, 0.15) is 0 Å². The molecule has 2 fully saturated rings. The third-order valence-corrected chi connectivity index (χ3v) is 5.05. The van der Waals surface area contributed by atoms with Crippen LogP contribution in [0.1, 0.15) is 19.8 Å². The lowest BCUT2D eigenvalue weighted by atomic mass is 9.87. The summed E-state index contributed by atoms with van der Waals surface area (Å²) in [5, 5.41) is 0. The Hall–Kier alpha value is -0.130. The molecule has 0 aromatic heterocycles. The highest BCUT2D eigenvalue weighted by Gasteiger charge is 2.42. The van der Waals surface area contributed by atoms with Crippen LogP contribution in [0.3, 0.4) is 0 Å². The molecule has 13 heavy (non-hydrogen) atoms. The topological polar surface area (TPSA) is 63.4 Å². The molecule has 1 saturated heterocycles. The molecule has 1 aliphatic heterocycles. The van der Waals surface area contributed by atoms with E-state index in [1.54, 1.807) is 4.31 Å². The average molecular weight is 204 g/mol. The molecule has 1 unspecified atom stereocenters. The van der Waals surface area contributed by atoms with Crippen LogP contribution in [0, 0.1) is 5.92 Å². The Morgan fingerprint density at radius 1 is 1.38 bits per heavy atom. The van der Waals surface area contributed by atoms with Crippen molar-refractivity contribution in [1.82, 2.24) is 4.31 Å². The maximum absolute atomic E-state index is 11.6. The van der Waals surface area contributed by atoms with E-state index in [1.807, 2.05) is 6.92 Å². The lowest BCUT2D eigenvalue weighted by Gasteiger charge is -2.38. The Morgan fingerprint density at radius 2 is 2.00 bits per heavy atom. The first-order chi connectivity index (χ1) is 5.99. The minimum Gasteiger partial charge on any atom is -0.328 e. The van der Waals surface area contributed by atoms with Crippen molar-refractivity contribution in [2.24, 2.45) is 11.7 Å². The first-order valence-electron chi connectivity index (χ1n) is 4.74. The fourth-order valence-electron chi connectivity index (χ4n) is 2.17. The zero-order valence-electron chi connectivity index (χ0n) is 7.81. The van der Waals surface area contributed by atoms with E-state index in [4.69, 9.17) is 5.73 Å². The van der Waals surface area contributed by atoms with Crippen molar-refractivity contribution in [3.8, 4) is 0 Å². The van der Waals surface area contributed by atoms with Crippen molar-refractivity contribution >= 4 is 10.0 Å². The number of hydrogen-bond donors (Lipinski definition) is 1. The normalized spacial score (nSPS) is 44.6. The van der Waals surface area contributed by atoms with E-state index in [1.165, 1.54) is 0 Å². The van der Waals surface area contributed by atoms with Crippen molar-refractivity contribution in [2.45, 2.75) is 31.8 Å². The molecule has 0 spiro atoms. The summed E-state index contributed by atoms with van der Waals surface area (Å²) in [5.74, 6) is 0.598. The molecule has 0 aromatic rings. The van der Waals surface area contributed by atoms with Gasteiger partial charge >= 0.3 is 0 Å². The van der Waals surface area contributed by atoms with Crippen LogP contribution in [0.15, 0.2) is 0 Å². The predicted octanol–water partition coefficient (Wildman–Crippen LogP) is -0.242. The van der Waals surface area contributed by atoms with Gasteiger partial charge in [0.15, 0.2) is 0 Å². The molecular weight excluding hydrogens is 188 g/mol. The second kappa shape index (κ2) is 2.93. The van der Waals surface area contributed by atoms with Gasteiger partial charge in [0.05, 0.1) is 5.75 Å². The van der Waals surface area contributed by atoms with Crippen LogP contribution in [0.5, 0.6) is 0 Å². The van der Waals surface area contributed by atoms with Gasteiger partial charge in [-0.1, -0.05) is 6.92 Å². The summed E-state index contributed by atoms with van der Waals surface area (Å²) in [5.41, 5.74) is 5.64. The molecule has 0 radical (unpaired) electrons. The van der Waals surface area contributed by atoms with E-state index < -0.39 is 10.0 Å². The van der Waals surface area contributed by atoms with Gasteiger partial charge in [-0.2, -0.15) is 4.31 Å². The van der Waals surface area contributed by atoms with E-state index >= 15 is 0 Å². The molecule has 76 valence electrons. The molecule has 0 bridgehead atoms.